The van der Waals surface area contributed by atoms with Crippen LogP contribution < -0.4 is 4.90 Å². The van der Waals surface area contributed by atoms with E-state index in [0.717, 1.165) is 67.3 Å². The predicted molar refractivity (Wildman–Crippen MR) is 244 cm³/mol. The standard InChI is InChI=1S/C50H72ClNO13/c1-28(25-61-30(3)53)36-22-40(55)50(7)23-37-34(26-60-8)16-17-35(37)29(2)43(57)46(42(36)50)65-48-45(59)47(63-31(4)54)44(58)39(64-48)27-62-49(5,6)19-11-9-10-13-32-15-18-38-33(21-32)14-12-20-52(38)41(56)24-51/h11,15,18-19,21,23,28-29,34-35,39-40,43-48,55,57-59H,9-10,12-14,16-17,20,22,24-27H2,1-8H3/b19-11+,37-23-/t28-,29-,34-,35+,39?,40+,43-,44?,45?,46-,47?,48?,50+/m1/s1. The van der Waals surface area contributed by atoms with Crippen molar-refractivity contribution in [1.29, 1.82) is 0 Å². The van der Waals surface area contributed by atoms with E-state index < -0.39 is 72.0 Å². The molecule has 3 aliphatic carbocycles. The van der Waals surface area contributed by atoms with Crippen LogP contribution in [0.15, 0.2) is 53.1 Å². The van der Waals surface area contributed by atoms with Crippen LogP contribution in [0.2, 0.25) is 0 Å². The smallest absolute Gasteiger partial charge is 0.303 e. The number of unbranched alkanes of at least 4 members (excludes halogenated alkanes) is 1. The fourth-order valence-electron chi connectivity index (χ4n) is 10.8. The van der Waals surface area contributed by atoms with Crippen molar-refractivity contribution in [3.8, 4) is 0 Å². The number of benzene rings is 1. The van der Waals surface area contributed by atoms with Gasteiger partial charge in [0.05, 0.1) is 37.6 Å². The number of amides is 1. The van der Waals surface area contributed by atoms with E-state index in [1.165, 1.54) is 19.4 Å². The van der Waals surface area contributed by atoms with Crippen LogP contribution in [-0.4, -0.2) is 132 Å². The van der Waals surface area contributed by atoms with Crippen molar-refractivity contribution in [2.45, 2.75) is 154 Å². The number of anilines is 1. The number of aliphatic hydroxyl groups excluding tert-OH is 4. The molecule has 2 heterocycles. The fraction of sp³-hybridized carbons (Fsp3) is 0.700. The third-order valence-corrected chi connectivity index (χ3v) is 14.6. The average Bonchev–Trinajstić information content (AvgIpc) is 3.77. The van der Waals surface area contributed by atoms with Crippen molar-refractivity contribution in [3.05, 3.63) is 64.3 Å². The van der Waals surface area contributed by atoms with Gasteiger partial charge in [-0.2, -0.15) is 0 Å². The van der Waals surface area contributed by atoms with Crippen LogP contribution in [0.5, 0.6) is 0 Å². The molecule has 1 saturated carbocycles. The van der Waals surface area contributed by atoms with E-state index in [4.69, 9.17) is 40.0 Å². The Balaban J connectivity index is 1.20. The van der Waals surface area contributed by atoms with Gasteiger partial charge in [-0.15, -0.1) is 11.6 Å². The summed E-state index contributed by atoms with van der Waals surface area (Å²) in [6.07, 6.45) is 1.88. The molecule has 0 spiro atoms. The summed E-state index contributed by atoms with van der Waals surface area (Å²) in [6, 6.07) is 6.27. The number of carbonyl (C=O) groups is 3. The lowest BCUT2D eigenvalue weighted by molar-refractivity contribution is -0.320. The highest BCUT2D eigenvalue weighted by atomic mass is 35.5. The summed E-state index contributed by atoms with van der Waals surface area (Å²) in [4.78, 5) is 38.4. The zero-order valence-electron chi connectivity index (χ0n) is 39.4. The van der Waals surface area contributed by atoms with Gasteiger partial charge in [-0.1, -0.05) is 55.4 Å². The topological polar surface area (TPSA) is 191 Å². The van der Waals surface area contributed by atoms with Crippen molar-refractivity contribution in [1.82, 2.24) is 0 Å². The molecule has 4 N–H and O–H groups in total. The number of halogens is 1. The molecule has 5 aliphatic rings. The van der Waals surface area contributed by atoms with E-state index in [1.807, 2.05) is 46.8 Å². The molecule has 14 nitrogen and oxygen atoms in total. The van der Waals surface area contributed by atoms with Crippen LogP contribution in [0.3, 0.4) is 0 Å². The Labute approximate surface area is 389 Å². The first kappa shape index (κ1) is 51.2. The number of carbonyl (C=O) groups excluding carboxylic acids is 3. The summed E-state index contributed by atoms with van der Waals surface area (Å²) < 4.78 is 36.1. The zero-order valence-corrected chi connectivity index (χ0v) is 40.1. The summed E-state index contributed by atoms with van der Waals surface area (Å²) in [5.41, 5.74) is 3.96. The number of allylic oxidation sites excluding steroid dienone is 1. The fourth-order valence-corrected chi connectivity index (χ4v) is 10.9. The van der Waals surface area contributed by atoms with Gasteiger partial charge in [-0.25, -0.2) is 0 Å². The molecule has 2 aliphatic heterocycles. The maximum Gasteiger partial charge on any atom is 0.303 e. The quantitative estimate of drug-likeness (QED) is 0.0662. The van der Waals surface area contributed by atoms with Crippen molar-refractivity contribution >= 4 is 35.1 Å². The molecule has 1 aromatic carbocycles. The number of aliphatic hydroxyl groups is 4. The maximum atomic E-state index is 12.5. The number of ether oxygens (including phenoxy) is 6. The number of rotatable bonds is 17. The van der Waals surface area contributed by atoms with Gasteiger partial charge in [0, 0.05) is 50.4 Å². The Bertz CT molecular complexity index is 1950. The summed E-state index contributed by atoms with van der Waals surface area (Å²) in [5, 5.41) is 47.8. The molecular formula is C50H72ClNO13. The van der Waals surface area contributed by atoms with Gasteiger partial charge in [0.15, 0.2) is 12.4 Å². The summed E-state index contributed by atoms with van der Waals surface area (Å²) >= 11 is 5.85. The zero-order chi connectivity index (χ0) is 47.4. The molecule has 0 bridgehead atoms. The molecule has 5 unspecified atom stereocenters. The van der Waals surface area contributed by atoms with Crippen LogP contribution in [0.25, 0.3) is 0 Å². The normalized spacial score (nSPS) is 34.0. The molecule has 1 aromatic rings. The highest BCUT2D eigenvalue weighted by molar-refractivity contribution is 6.29. The molecule has 15 heteroatoms. The molecule has 65 heavy (non-hydrogen) atoms. The summed E-state index contributed by atoms with van der Waals surface area (Å²) in [5.74, 6) is -1.94. The first-order valence-electron chi connectivity index (χ1n) is 23.4. The molecule has 0 radical (unpaired) electrons. The number of nitrogens with zero attached hydrogens (tertiary/aromatic N) is 1. The minimum absolute atomic E-state index is 0.0393. The van der Waals surface area contributed by atoms with Crippen LogP contribution in [0.1, 0.15) is 98.1 Å². The van der Waals surface area contributed by atoms with E-state index in [9.17, 15) is 34.8 Å². The molecular weight excluding hydrogens is 858 g/mol. The largest absolute Gasteiger partial charge is 0.465 e. The number of aryl methyl sites for hydroxylation is 2. The molecule has 0 aromatic heterocycles. The average molecular weight is 931 g/mol. The SMILES string of the molecule is COC[C@H]1CC[C@@H]2/C1=C\[C@]1(C)C(=C([C@H](C)COC(C)=O)C[C@@H]1O)[C@@H](OC1OC(COC(C)(C)/C=C/CCCc3ccc4c(c3)CCCN4C(=O)CCl)C(O)C(OC(C)=O)C1O)[C@H](O)[C@@H]2C. The number of esters is 2. The second-order valence-electron chi connectivity index (χ2n) is 19.6. The number of methoxy groups -OCH3 is 1. The molecule has 6 rings (SSSR count). The van der Waals surface area contributed by atoms with E-state index in [2.05, 4.69) is 24.3 Å². The van der Waals surface area contributed by atoms with Gasteiger partial charge in [0.25, 0.3) is 0 Å². The monoisotopic (exact) mass is 929 g/mol. The van der Waals surface area contributed by atoms with Gasteiger partial charge >= 0.3 is 11.9 Å². The molecule has 2 fully saturated rings. The van der Waals surface area contributed by atoms with Crippen molar-refractivity contribution < 1.29 is 63.2 Å². The lowest BCUT2D eigenvalue weighted by Crippen LogP contribution is -2.62. The number of hydrogen-bond donors (Lipinski definition) is 4. The van der Waals surface area contributed by atoms with Crippen molar-refractivity contribution in [2.24, 2.45) is 29.1 Å². The Morgan fingerprint density at radius 1 is 1.06 bits per heavy atom. The Kier molecular flexibility index (Phi) is 17.2. The Morgan fingerprint density at radius 3 is 2.51 bits per heavy atom. The summed E-state index contributed by atoms with van der Waals surface area (Å²) in [7, 11) is 1.67. The first-order chi connectivity index (χ1) is 30.8. The third-order valence-electron chi connectivity index (χ3n) is 14.4. The van der Waals surface area contributed by atoms with Crippen molar-refractivity contribution in [2.75, 3.05) is 44.3 Å². The third kappa shape index (κ3) is 11.6. The van der Waals surface area contributed by atoms with E-state index in [0.29, 0.717) is 18.7 Å². The second kappa shape index (κ2) is 21.8. The van der Waals surface area contributed by atoms with E-state index in [-0.39, 0.29) is 55.1 Å². The number of alkyl halides is 1. The van der Waals surface area contributed by atoms with Crippen molar-refractivity contribution in [3.63, 3.8) is 0 Å². The lowest BCUT2D eigenvalue weighted by atomic mass is 9.68. The minimum atomic E-state index is -1.67. The Morgan fingerprint density at radius 2 is 1.82 bits per heavy atom. The highest BCUT2D eigenvalue weighted by Crippen LogP contribution is 2.56. The van der Waals surface area contributed by atoms with E-state index in [1.54, 1.807) is 12.0 Å². The van der Waals surface area contributed by atoms with Gasteiger partial charge in [-0.3, -0.25) is 14.4 Å². The Hall–Kier alpha value is -3.18. The van der Waals surface area contributed by atoms with Gasteiger partial charge in [-0.05, 0) is 107 Å². The minimum Gasteiger partial charge on any atom is -0.465 e. The van der Waals surface area contributed by atoms with Gasteiger partial charge in [0.2, 0.25) is 5.91 Å². The molecule has 1 saturated heterocycles. The first-order valence-corrected chi connectivity index (χ1v) is 23.9. The van der Waals surface area contributed by atoms with Crippen LogP contribution in [0.4, 0.5) is 5.69 Å². The van der Waals surface area contributed by atoms with Gasteiger partial charge in [0.1, 0.15) is 30.3 Å². The van der Waals surface area contributed by atoms with Crippen LogP contribution in [-0.2, 0) is 55.6 Å². The lowest BCUT2D eigenvalue weighted by Gasteiger charge is -2.47. The highest BCUT2D eigenvalue weighted by Gasteiger charge is 2.56. The number of hydrogen-bond acceptors (Lipinski definition) is 13. The maximum absolute atomic E-state index is 12.5. The predicted octanol–water partition coefficient (Wildman–Crippen LogP) is 5.52. The molecule has 13 atom stereocenters. The van der Waals surface area contributed by atoms with Crippen LogP contribution in [0, 0.1) is 29.1 Å². The van der Waals surface area contributed by atoms with Gasteiger partial charge < -0.3 is 53.7 Å². The summed E-state index contributed by atoms with van der Waals surface area (Å²) in [6.45, 7) is 13.1. The molecule has 362 valence electrons. The van der Waals surface area contributed by atoms with Crippen LogP contribution >= 0.6 is 11.6 Å². The molecule has 1 amide bonds. The number of fused-ring (bicyclic) bond motifs is 3. The second-order valence-corrected chi connectivity index (χ2v) is 19.9. The van der Waals surface area contributed by atoms with E-state index >= 15 is 0 Å².